The molecule has 0 bridgehead atoms. The number of carbonyl (C=O) groups excluding carboxylic acids is 1. The number of aliphatic hydroxyl groups is 1. The summed E-state index contributed by atoms with van der Waals surface area (Å²) in [6, 6.07) is -0.104. The number of halogens is 1. The average Bonchev–Trinajstić information content (AvgIpc) is 2.10. The normalized spacial score (nSPS) is 12.6. The van der Waals surface area contributed by atoms with Gasteiger partial charge < -0.3 is 10.4 Å². The SMILES string of the molecule is CCC(CO)NC(=O)CCCCl. The Morgan fingerprint density at radius 1 is 1.67 bits per heavy atom. The lowest BCUT2D eigenvalue weighted by Crippen LogP contribution is -2.36. The van der Waals surface area contributed by atoms with Crippen LogP contribution in [0, 0.1) is 0 Å². The van der Waals surface area contributed by atoms with Crippen LogP contribution in [0.2, 0.25) is 0 Å². The van der Waals surface area contributed by atoms with E-state index in [0.717, 1.165) is 6.42 Å². The smallest absolute Gasteiger partial charge is 0.220 e. The number of amides is 1. The van der Waals surface area contributed by atoms with Gasteiger partial charge in [-0.25, -0.2) is 0 Å². The Hall–Kier alpha value is -0.280. The molecule has 3 nitrogen and oxygen atoms in total. The van der Waals surface area contributed by atoms with E-state index in [4.69, 9.17) is 16.7 Å². The third-order valence-corrected chi connectivity index (χ3v) is 1.88. The van der Waals surface area contributed by atoms with Crippen LogP contribution in [0.5, 0.6) is 0 Å². The third kappa shape index (κ3) is 5.38. The van der Waals surface area contributed by atoms with Crippen molar-refractivity contribution in [1.82, 2.24) is 5.32 Å². The van der Waals surface area contributed by atoms with E-state index in [1.807, 2.05) is 6.92 Å². The molecule has 0 saturated carbocycles. The van der Waals surface area contributed by atoms with Crippen LogP contribution >= 0.6 is 11.6 Å². The fourth-order valence-electron chi connectivity index (χ4n) is 0.804. The van der Waals surface area contributed by atoms with E-state index < -0.39 is 0 Å². The monoisotopic (exact) mass is 193 g/mol. The number of hydrogen-bond donors (Lipinski definition) is 2. The van der Waals surface area contributed by atoms with Gasteiger partial charge >= 0.3 is 0 Å². The van der Waals surface area contributed by atoms with E-state index >= 15 is 0 Å². The molecule has 0 aliphatic heterocycles. The first-order valence-electron chi connectivity index (χ1n) is 4.20. The highest BCUT2D eigenvalue weighted by Gasteiger charge is 2.07. The minimum Gasteiger partial charge on any atom is -0.394 e. The predicted molar refractivity (Wildman–Crippen MR) is 49.3 cm³/mol. The summed E-state index contributed by atoms with van der Waals surface area (Å²) in [6.45, 7) is 1.92. The first-order valence-corrected chi connectivity index (χ1v) is 4.74. The van der Waals surface area contributed by atoms with Crippen molar-refractivity contribution in [1.29, 1.82) is 0 Å². The number of nitrogens with one attached hydrogen (secondary N) is 1. The number of aliphatic hydroxyl groups excluding tert-OH is 1. The van der Waals surface area contributed by atoms with Crippen LogP contribution in [0.4, 0.5) is 0 Å². The Balaban J connectivity index is 3.52. The zero-order valence-corrected chi connectivity index (χ0v) is 8.10. The van der Waals surface area contributed by atoms with Crippen molar-refractivity contribution in [2.75, 3.05) is 12.5 Å². The predicted octanol–water partition coefficient (Wildman–Crippen LogP) is 0.892. The molecule has 0 heterocycles. The topological polar surface area (TPSA) is 49.3 Å². The van der Waals surface area contributed by atoms with Gasteiger partial charge in [-0.05, 0) is 12.8 Å². The molecule has 0 rings (SSSR count). The fourth-order valence-corrected chi connectivity index (χ4v) is 0.938. The van der Waals surface area contributed by atoms with Gasteiger partial charge in [-0.2, -0.15) is 0 Å². The number of alkyl halides is 1. The van der Waals surface area contributed by atoms with Crippen molar-refractivity contribution in [2.24, 2.45) is 0 Å². The molecule has 0 aromatic carbocycles. The van der Waals surface area contributed by atoms with Gasteiger partial charge in [0.25, 0.3) is 0 Å². The van der Waals surface area contributed by atoms with Crippen LogP contribution in [0.15, 0.2) is 0 Å². The summed E-state index contributed by atoms with van der Waals surface area (Å²) < 4.78 is 0. The second kappa shape index (κ2) is 7.37. The molecule has 1 unspecified atom stereocenters. The Bertz CT molecular complexity index is 126. The van der Waals surface area contributed by atoms with Gasteiger partial charge in [0.05, 0.1) is 12.6 Å². The van der Waals surface area contributed by atoms with E-state index in [2.05, 4.69) is 5.32 Å². The van der Waals surface area contributed by atoms with Gasteiger partial charge in [-0.15, -0.1) is 11.6 Å². The van der Waals surface area contributed by atoms with Crippen molar-refractivity contribution in [3.8, 4) is 0 Å². The number of hydrogen-bond acceptors (Lipinski definition) is 2. The lowest BCUT2D eigenvalue weighted by atomic mass is 10.2. The summed E-state index contributed by atoms with van der Waals surface area (Å²) in [5, 5.41) is 11.5. The summed E-state index contributed by atoms with van der Waals surface area (Å²) >= 11 is 5.42. The molecule has 0 aromatic heterocycles. The Morgan fingerprint density at radius 3 is 2.75 bits per heavy atom. The van der Waals surface area contributed by atoms with Gasteiger partial charge in [0.15, 0.2) is 0 Å². The standard InChI is InChI=1S/C8H16ClNO2/c1-2-7(6-11)10-8(12)4-3-5-9/h7,11H,2-6H2,1H3,(H,10,12). The Morgan fingerprint density at radius 2 is 2.33 bits per heavy atom. The molecule has 0 aliphatic carbocycles. The van der Waals surface area contributed by atoms with Gasteiger partial charge in [0.2, 0.25) is 5.91 Å². The van der Waals surface area contributed by atoms with Gasteiger partial charge in [0, 0.05) is 12.3 Å². The molecule has 0 radical (unpaired) electrons. The zero-order chi connectivity index (χ0) is 9.40. The molecule has 72 valence electrons. The van der Waals surface area contributed by atoms with Crippen molar-refractivity contribution >= 4 is 17.5 Å². The van der Waals surface area contributed by atoms with Crippen LogP contribution in [0.3, 0.4) is 0 Å². The fraction of sp³-hybridized carbons (Fsp3) is 0.875. The highest BCUT2D eigenvalue weighted by molar-refractivity contribution is 6.17. The second-order valence-electron chi connectivity index (χ2n) is 2.65. The van der Waals surface area contributed by atoms with E-state index in [0.29, 0.717) is 18.7 Å². The second-order valence-corrected chi connectivity index (χ2v) is 3.03. The van der Waals surface area contributed by atoms with Crippen LogP contribution in [0.25, 0.3) is 0 Å². The van der Waals surface area contributed by atoms with Crippen molar-refractivity contribution < 1.29 is 9.90 Å². The maximum Gasteiger partial charge on any atom is 0.220 e. The molecule has 12 heavy (non-hydrogen) atoms. The molecule has 2 N–H and O–H groups in total. The maximum atomic E-state index is 11.0. The highest BCUT2D eigenvalue weighted by atomic mass is 35.5. The maximum absolute atomic E-state index is 11.0. The minimum atomic E-state index is -0.104. The molecular weight excluding hydrogens is 178 g/mol. The van der Waals surface area contributed by atoms with Crippen molar-refractivity contribution in [3.63, 3.8) is 0 Å². The van der Waals surface area contributed by atoms with Gasteiger partial charge in [-0.3, -0.25) is 4.79 Å². The zero-order valence-electron chi connectivity index (χ0n) is 7.35. The highest BCUT2D eigenvalue weighted by Crippen LogP contribution is 1.94. The molecule has 0 aliphatic rings. The van der Waals surface area contributed by atoms with Crippen LogP contribution < -0.4 is 5.32 Å². The minimum absolute atomic E-state index is 0.00309. The Kier molecular flexibility index (Phi) is 7.20. The van der Waals surface area contributed by atoms with Crippen LogP contribution in [-0.2, 0) is 4.79 Å². The molecule has 1 amide bonds. The molecule has 0 spiro atoms. The molecule has 1 atom stereocenters. The average molecular weight is 194 g/mol. The lowest BCUT2D eigenvalue weighted by molar-refractivity contribution is -0.122. The number of rotatable bonds is 6. The summed E-state index contributed by atoms with van der Waals surface area (Å²) in [5.41, 5.74) is 0. The van der Waals surface area contributed by atoms with Gasteiger partial charge in [-0.1, -0.05) is 6.92 Å². The molecule has 0 aromatic rings. The van der Waals surface area contributed by atoms with E-state index in [-0.39, 0.29) is 18.6 Å². The van der Waals surface area contributed by atoms with E-state index in [1.54, 1.807) is 0 Å². The van der Waals surface area contributed by atoms with Gasteiger partial charge in [0.1, 0.15) is 0 Å². The number of carbonyl (C=O) groups is 1. The van der Waals surface area contributed by atoms with Crippen LogP contribution in [-0.4, -0.2) is 29.5 Å². The molecule has 4 heteroatoms. The third-order valence-electron chi connectivity index (χ3n) is 1.62. The summed E-state index contributed by atoms with van der Waals surface area (Å²) in [6.07, 6.45) is 1.89. The molecule has 0 saturated heterocycles. The quantitative estimate of drug-likeness (QED) is 0.616. The first kappa shape index (κ1) is 11.7. The van der Waals surface area contributed by atoms with Crippen LogP contribution in [0.1, 0.15) is 26.2 Å². The van der Waals surface area contributed by atoms with E-state index in [9.17, 15) is 4.79 Å². The largest absolute Gasteiger partial charge is 0.394 e. The molecular formula is C8H16ClNO2. The lowest BCUT2D eigenvalue weighted by Gasteiger charge is -2.13. The molecule has 0 fully saturated rings. The first-order chi connectivity index (χ1) is 5.74. The Labute approximate surface area is 78.1 Å². The van der Waals surface area contributed by atoms with Crippen molar-refractivity contribution in [2.45, 2.75) is 32.2 Å². The van der Waals surface area contributed by atoms with E-state index in [1.165, 1.54) is 0 Å². The summed E-state index contributed by atoms with van der Waals surface area (Å²) in [7, 11) is 0. The van der Waals surface area contributed by atoms with Crippen molar-refractivity contribution in [3.05, 3.63) is 0 Å². The summed E-state index contributed by atoms with van der Waals surface area (Å²) in [4.78, 5) is 11.0. The summed E-state index contributed by atoms with van der Waals surface area (Å²) in [5.74, 6) is 0.472.